The molecule has 0 spiro atoms. The highest BCUT2D eigenvalue weighted by molar-refractivity contribution is 5.94. The number of benzene rings is 1. The van der Waals surface area contributed by atoms with Crippen LogP contribution in [0.2, 0.25) is 0 Å². The average molecular weight is 348 g/mol. The van der Waals surface area contributed by atoms with Crippen molar-refractivity contribution in [1.29, 1.82) is 0 Å². The van der Waals surface area contributed by atoms with Crippen LogP contribution in [0.5, 0.6) is 5.75 Å². The second kappa shape index (κ2) is 10.0. The number of methoxy groups -OCH3 is 2. The number of anilines is 1. The molecule has 0 atom stereocenters. The first kappa shape index (κ1) is 19.2. The molecule has 25 heavy (non-hydrogen) atoms. The van der Waals surface area contributed by atoms with Crippen molar-refractivity contribution in [3.8, 4) is 5.75 Å². The Kier molecular flexibility index (Phi) is 7.73. The van der Waals surface area contributed by atoms with Crippen LogP contribution in [0.4, 0.5) is 5.69 Å². The van der Waals surface area contributed by atoms with Crippen LogP contribution in [0.15, 0.2) is 24.3 Å². The summed E-state index contributed by atoms with van der Waals surface area (Å²) in [5.41, 5.74) is 0.688. The van der Waals surface area contributed by atoms with Gasteiger partial charge in [-0.3, -0.25) is 9.59 Å². The third kappa shape index (κ3) is 5.74. The van der Waals surface area contributed by atoms with Crippen molar-refractivity contribution in [2.75, 3.05) is 32.7 Å². The number of carbonyl (C=O) groups excluding carboxylic acids is 2. The van der Waals surface area contributed by atoms with Gasteiger partial charge in [0.05, 0.1) is 12.8 Å². The molecule has 1 aromatic carbocycles. The first-order valence-corrected chi connectivity index (χ1v) is 8.86. The third-order valence-electron chi connectivity index (χ3n) is 4.66. The van der Waals surface area contributed by atoms with Crippen LogP contribution in [0.25, 0.3) is 0 Å². The quantitative estimate of drug-likeness (QED) is 0.708. The molecule has 0 aromatic heterocycles. The van der Waals surface area contributed by atoms with Crippen LogP contribution in [0, 0.1) is 11.8 Å². The molecule has 2 rings (SSSR count). The van der Waals surface area contributed by atoms with E-state index in [4.69, 9.17) is 9.47 Å². The number of nitrogens with one attached hydrogen (secondary N) is 2. The monoisotopic (exact) mass is 348 g/mol. The molecule has 1 aliphatic rings. The lowest BCUT2D eigenvalue weighted by atomic mass is 9.81. The largest absolute Gasteiger partial charge is 0.495 e. The summed E-state index contributed by atoms with van der Waals surface area (Å²) < 4.78 is 10.2. The molecule has 0 unspecified atom stereocenters. The second-order valence-electron chi connectivity index (χ2n) is 6.38. The van der Waals surface area contributed by atoms with E-state index in [0.717, 1.165) is 32.1 Å². The van der Waals surface area contributed by atoms with Gasteiger partial charge < -0.3 is 20.1 Å². The number of rotatable bonds is 8. The third-order valence-corrected chi connectivity index (χ3v) is 4.66. The summed E-state index contributed by atoms with van der Waals surface area (Å²) in [7, 11) is 3.24. The molecule has 1 aliphatic carbocycles. The smallest absolute Gasteiger partial charge is 0.227 e. The maximum Gasteiger partial charge on any atom is 0.227 e. The predicted molar refractivity (Wildman–Crippen MR) is 96.6 cm³/mol. The summed E-state index contributed by atoms with van der Waals surface area (Å²) in [6.07, 6.45) is 3.79. The highest BCUT2D eigenvalue weighted by atomic mass is 16.5. The Morgan fingerprint density at radius 3 is 2.32 bits per heavy atom. The molecule has 1 fully saturated rings. The van der Waals surface area contributed by atoms with Crippen molar-refractivity contribution in [2.45, 2.75) is 32.1 Å². The van der Waals surface area contributed by atoms with E-state index in [0.29, 0.717) is 24.6 Å². The Balaban J connectivity index is 1.77. The van der Waals surface area contributed by atoms with E-state index < -0.39 is 0 Å². The Morgan fingerprint density at radius 2 is 1.68 bits per heavy atom. The SMILES string of the molecule is COCCCNC(=O)C1CCC(C(=O)Nc2ccccc2OC)CC1. The number of carbonyl (C=O) groups is 2. The number of para-hydroxylation sites is 2. The van der Waals surface area contributed by atoms with Crippen molar-refractivity contribution in [2.24, 2.45) is 11.8 Å². The zero-order valence-corrected chi connectivity index (χ0v) is 15.0. The molecule has 6 heteroatoms. The molecule has 2 N–H and O–H groups in total. The van der Waals surface area contributed by atoms with Crippen molar-refractivity contribution >= 4 is 17.5 Å². The van der Waals surface area contributed by atoms with Crippen LogP contribution in [0.3, 0.4) is 0 Å². The molecular weight excluding hydrogens is 320 g/mol. The van der Waals surface area contributed by atoms with Gasteiger partial charge in [0, 0.05) is 32.1 Å². The summed E-state index contributed by atoms with van der Waals surface area (Å²) in [5, 5.41) is 5.90. The average Bonchev–Trinajstić information content (AvgIpc) is 2.65. The molecule has 0 aliphatic heterocycles. The molecule has 0 heterocycles. The van der Waals surface area contributed by atoms with Crippen LogP contribution >= 0.6 is 0 Å². The predicted octanol–water partition coefficient (Wildman–Crippen LogP) is 2.59. The first-order valence-electron chi connectivity index (χ1n) is 8.86. The number of hydrogen-bond acceptors (Lipinski definition) is 4. The first-order chi connectivity index (χ1) is 12.2. The summed E-state index contributed by atoms with van der Waals surface area (Å²) >= 11 is 0. The summed E-state index contributed by atoms with van der Waals surface area (Å²) in [6.45, 7) is 1.29. The topological polar surface area (TPSA) is 76.7 Å². The molecule has 0 saturated heterocycles. The van der Waals surface area contributed by atoms with E-state index in [9.17, 15) is 9.59 Å². The highest BCUT2D eigenvalue weighted by Crippen LogP contribution is 2.31. The maximum absolute atomic E-state index is 12.5. The van der Waals surface area contributed by atoms with E-state index in [-0.39, 0.29) is 23.7 Å². The highest BCUT2D eigenvalue weighted by Gasteiger charge is 2.30. The number of ether oxygens (including phenoxy) is 2. The van der Waals surface area contributed by atoms with E-state index >= 15 is 0 Å². The Bertz CT molecular complexity index is 568. The minimum absolute atomic E-state index is 0.00320. The van der Waals surface area contributed by atoms with Crippen molar-refractivity contribution in [3.63, 3.8) is 0 Å². The van der Waals surface area contributed by atoms with Gasteiger partial charge in [0.15, 0.2) is 0 Å². The molecular formula is C19H28N2O4. The van der Waals surface area contributed by atoms with Gasteiger partial charge in [-0.25, -0.2) is 0 Å². The molecule has 0 radical (unpaired) electrons. The summed E-state index contributed by atoms with van der Waals surface area (Å²) in [6, 6.07) is 7.38. The zero-order chi connectivity index (χ0) is 18.1. The lowest BCUT2D eigenvalue weighted by Gasteiger charge is -2.27. The Morgan fingerprint density at radius 1 is 1.04 bits per heavy atom. The van der Waals surface area contributed by atoms with E-state index in [1.807, 2.05) is 24.3 Å². The second-order valence-corrected chi connectivity index (χ2v) is 6.38. The fourth-order valence-electron chi connectivity index (χ4n) is 3.17. The van der Waals surface area contributed by atoms with Gasteiger partial charge in [-0.2, -0.15) is 0 Å². The fraction of sp³-hybridized carbons (Fsp3) is 0.579. The van der Waals surface area contributed by atoms with E-state index in [1.54, 1.807) is 14.2 Å². The van der Waals surface area contributed by atoms with Gasteiger partial charge in [0.25, 0.3) is 0 Å². The standard InChI is InChI=1S/C19H28N2O4/c1-24-13-5-12-20-18(22)14-8-10-15(11-9-14)19(23)21-16-6-3-4-7-17(16)25-2/h3-4,6-7,14-15H,5,8-13H2,1-2H3,(H,20,22)(H,21,23). The van der Waals surface area contributed by atoms with Gasteiger partial charge in [-0.1, -0.05) is 12.1 Å². The number of hydrogen-bond donors (Lipinski definition) is 2. The molecule has 138 valence electrons. The molecule has 1 aromatic rings. The van der Waals surface area contributed by atoms with Gasteiger partial charge in [-0.15, -0.1) is 0 Å². The lowest BCUT2D eigenvalue weighted by molar-refractivity contribution is -0.128. The normalized spacial score (nSPS) is 19.9. The summed E-state index contributed by atoms with van der Waals surface area (Å²) in [5.74, 6) is 0.712. The van der Waals surface area contributed by atoms with Crippen molar-refractivity contribution < 1.29 is 19.1 Å². The Hall–Kier alpha value is -2.08. The van der Waals surface area contributed by atoms with E-state index in [1.165, 1.54) is 0 Å². The minimum atomic E-state index is -0.0533. The van der Waals surface area contributed by atoms with Gasteiger partial charge in [0.1, 0.15) is 5.75 Å². The molecule has 0 bridgehead atoms. The van der Waals surface area contributed by atoms with Gasteiger partial charge in [-0.05, 0) is 44.2 Å². The fourth-order valence-corrected chi connectivity index (χ4v) is 3.17. The van der Waals surface area contributed by atoms with E-state index in [2.05, 4.69) is 10.6 Å². The zero-order valence-electron chi connectivity index (χ0n) is 15.0. The lowest BCUT2D eigenvalue weighted by Crippen LogP contribution is -2.36. The maximum atomic E-state index is 12.5. The molecule has 6 nitrogen and oxygen atoms in total. The molecule has 1 saturated carbocycles. The molecule has 2 amide bonds. The van der Waals surface area contributed by atoms with Crippen LogP contribution in [-0.4, -0.2) is 39.2 Å². The Labute approximate surface area is 149 Å². The summed E-state index contributed by atoms with van der Waals surface area (Å²) in [4.78, 5) is 24.6. The number of amides is 2. The van der Waals surface area contributed by atoms with Crippen molar-refractivity contribution in [1.82, 2.24) is 5.32 Å². The minimum Gasteiger partial charge on any atom is -0.495 e. The van der Waals surface area contributed by atoms with Gasteiger partial charge in [0.2, 0.25) is 11.8 Å². The van der Waals surface area contributed by atoms with Gasteiger partial charge >= 0.3 is 0 Å². The van der Waals surface area contributed by atoms with Crippen LogP contribution in [0.1, 0.15) is 32.1 Å². The van der Waals surface area contributed by atoms with Crippen molar-refractivity contribution in [3.05, 3.63) is 24.3 Å². The van der Waals surface area contributed by atoms with Crippen LogP contribution in [-0.2, 0) is 14.3 Å². The van der Waals surface area contributed by atoms with Crippen LogP contribution < -0.4 is 15.4 Å².